The van der Waals surface area contributed by atoms with Gasteiger partial charge < -0.3 is 4.57 Å². The molecule has 0 aliphatic rings. The van der Waals surface area contributed by atoms with Gasteiger partial charge in [0.25, 0.3) is 10.0 Å². The molecular weight excluding hydrogens is 266 g/mol. The maximum atomic E-state index is 11.9. The lowest BCUT2D eigenvalue weighted by Crippen LogP contribution is -2.15. The summed E-state index contributed by atoms with van der Waals surface area (Å²) >= 11 is 5.80. The summed E-state index contributed by atoms with van der Waals surface area (Å²) in [5, 5.41) is -0.234. The molecule has 90 valence electrons. The Morgan fingerprint density at radius 3 is 2.47 bits per heavy atom. The van der Waals surface area contributed by atoms with Crippen LogP contribution in [0.1, 0.15) is 0 Å². The first-order valence-corrected chi connectivity index (χ1v) is 6.33. The SMILES string of the molecule is Cn1cnc(S(=O)(=O)Nc2ncccn2)c1Cl. The van der Waals surface area contributed by atoms with E-state index in [1.54, 1.807) is 13.1 Å². The molecule has 2 heterocycles. The molecule has 0 unspecified atom stereocenters. The highest BCUT2D eigenvalue weighted by Crippen LogP contribution is 2.20. The van der Waals surface area contributed by atoms with Crippen LogP contribution in [0.4, 0.5) is 5.95 Å². The number of rotatable bonds is 3. The standard InChI is InChI=1S/C8H8ClN5O2S/c1-14-5-12-7(6(14)9)17(15,16)13-8-10-3-2-4-11-8/h2-5H,1H3,(H,10,11,13). The van der Waals surface area contributed by atoms with Crippen molar-refractivity contribution < 1.29 is 8.42 Å². The van der Waals surface area contributed by atoms with E-state index < -0.39 is 10.0 Å². The number of hydrogen-bond donors (Lipinski definition) is 1. The van der Waals surface area contributed by atoms with Gasteiger partial charge in [0.1, 0.15) is 5.15 Å². The van der Waals surface area contributed by atoms with E-state index in [-0.39, 0.29) is 16.1 Å². The predicted octanol–water partition coefficient (Wildman–Crippen LogP) is 0.664. The minimum atomic E-state index is -3.86. The average Bonchev–Trinajstić information content (AvgIpc) is 2.61. The van der Waals surface area contributed by atoms with Gasteiger partial charge in [-0.15, -0.1) is 0 Å². The van der Waals surface area contributed by atoms with E-state index in [0.29, 0.717) is 0 Å². The smallest absolute Gasteiger partial charge is 0.284 e. The molecule has 0 aromatic carbocycles. The molecule has 0 saturated heterocycles. The summed E-state index contributed by atoms with van der Waals surface area (Å²) in [5.41, 5.74) is 0. The highest BCUT2D eigenvalue weighted by atomic mass is 35.5. The fourth-order valence-electron chi connectivity index (χ4n) is 1.09. The Bertz CT molecular complexity index is 625. The van der Waals surface area contributed by atoms with Gasteiger partial charge in [-0.2, -0.15) is 8.42 Å². The van der Waals surface area contributed by atoms with Crippen molar-refractivity contribution in [3.05, 3.63) is 29.9 Å². The maximum absolute atomic E-state index is 11.9. The molecule has 9 heteroatoms. The topological polar surface area (TPSA) is 89.8 Å². The zero-order valence-corrected chi connectivity index (χ0v) is 10.3. The number of halogens is 1. The van der Waals surface area contributed by atoms with Crippen molar-refractivity contribution >= 4 is 27.6 Å². The molecule has 0 atom stereocenters. The molecule has 0 bridgehead atoms. The van der Waals surface area contributed by atoms with Crippen LogP contribution < -0.4 is 4.72 Å². The third-order valence-electron chi connectivity index (χ3n) is 1.88. The zero-order chi connectivity index (χ0) is 12.5. The summed E-state index contributed by atoms with van der Waals surface area (Å²) in [5.74, 6) is -0.0331. The molecule has 0 amide bonds. The van der Waals surface area contributed by atoms with Crippen LogP contribution in [-0.2, 0) is 17.1 Å². The largest absolute Gasteiger partial charge is 0.324 e. The fourth-order valence-corrected chi connectivity index (χ4v) is 2.49. The van der Waals surface area contributed by atoms with Crippen LogP contribution in [0.15, 0.2) is 29.8 Å². The quantitative estimate of drug-likeness (QED) is 0.887. The van der Waals surface area contributed by atoms with E-state index in [1.165, 1.54) is 23.3 Å². The second-order valence-corrected chi connectivity index (χ2v) is 5.09. The van der Waals surface area contributed by atoms with Gasteiger partial charge in [-0.25, -0.2) is 19.7 Å². The van der Waals surface area contributed by atoms with E-state index in [1.807, 2.05) is 0 Å². The van der Waals surface area contributed by atoms with E-state index in [9.17, 15) is 8.42 Å². The Morgan fingerprint density at radius 2 is 1.94 bits per heavy atom. The number of aromatic nitrogens is 4. The van der Waals surface area contributed by atoms with Crippen molar-refractivity contribution in [3.63, 3.8) is 0 Å². The first kappa shape index (κ1) is 11.8. The van der Waals surface area contributed by atoms with Crippen molar-refractivity contribution in [2.24, 2.45) is 7.05 Å². The van der Waals surface area contributed by atoms with Crippen LogP contribution in [-0.4, -0.2) is 27.9 Å². The van der Waals surface area contributed by atoms with Crippen molar-refractivity contribution in [1.82, 2.24) is 19.5 Å². The van der Waals surface area contributed by atoms with Crippen LogP contribution in [0, 0.1) is 0 Å². The van der Waals surface area contributed by atoms with Crippen LogP contribution >= 0.6 is 11.6 Å². The molecular formula is C8H8ClN5O2S. The molecule has 17 heavy (non-hydrogen) atoms. The highest BCUT2D eigenvalue weighted by Gasteiger charge is 2.23. The fraction of sp³-hybridized carbons (Fsp3) is 0.125. The van der Waals surface area contributed by atoms with Crippen molar-refractivity contribution in [2.45, 2.75) is 5.03 Å². The molecule has 2 aromatic rings. The molecule has 0 radical (unpaired) electrons. The predicted molar refractivity (Wildman–Crippen MR) is 61.1 cm³/mol. The maximum Gasteiger partial charge on any atom is 0.284 e. The van der Waals surface area contributed by atoms with E-state index in [4.69, 9.17) is 11.6 Å². The number of nitrogens with zero attached hydrogens (tertiary/aromatic N) is 4. The Balaban J connectivity index is 2.35. The number of sulfonamides is 1. The van der Waals surface area contributed by atoms with E-state index in [0.717, 1.165) is 0 Å². The first-order valence-electron chi connectivity index (χ1n) is 4.47. The monoisotopic (exact) mass is 273 g/mol. The number of hydrogen-bond acceptors (Lipinski definition) is 5. The third-order valence-corrected chi connectivity index (χ3v) is 3.70. The highest BCUT2D eigenvalue weighted by molar-refractivity contribution is 7.92. The second kappa shape index (κ2) is 4.30. The van der Waals surface area contributed by atoms with Gasteiger partial charge in [0, 0.05) is 19.4 Å². The molecule has 7 nitrogen and oxygen atoms in total. The molecule has 0 spiro atoms. The summed E-state index contributed by atoms with van der Waals surface area (Å²) in [6.07, 6.45) is 4.15. The summed E-state index contributed by atoms with van der Waals surface area (Å²) in [7, 11) is -2.27. The number of aryl methyl sites for hydroxylation is 1. The van der Waals surface area contributed by atoms with Gasteiger partial charge in [-0.3, -0.25) is 0 Å². The molecule has 0 aliphatic carbocycles. The van der Waals surface area contributed by atoms with Crippen molar-refractivity contribution in [3.8, 4) is 0 Å². The van der Waals surface area contributed by atoms with Crippen LogP contribution in [0.5, 0.6) is 0 Å². The third kappa shape index (κ3) is 2.37. The first-order chi connectivity index (χ1) is 8.00. The second-order valence-electron chi connectivity index (χ2n) is 3.13. The normalized spacial score (nSPS) is 11.4. The molecule has 0 fully saturated rings. The minimum Gasteiger partial charge on any atom is -0.324 e. The Hall–Kier alpha value is -1.67. The lowest BCUT2D eigenvalue weighted by molar-refractivity contribution is 0.597. The van der Waals surface area contributed by atoms with Gasteiger partial charge in [0.2, 0.25) is 11.0 Å². The lowest BCUT2D eigenvalue weighted by Gasteiger charge is -2.03. The molecule has 1 N–H and O–H groups in total. The summed E-state index contributed by atoms with van der Waals surface area (Å²) in [4.78, 5) is 11.2. The molecule has 2 rings (SSSR count). The summed E-state index contributed by atoms with van der Waals surface area (Å²) in [6.45, 7) is 0. The van der Waals surface area contributed by atoms with Gasteiger partial charge in [-0.05, 0) is 6.07 Å². The lowest BCUT2D eigenvalue weighted by atomic mass is 10.7. The van der Waals surface area contributed by atoms with Crippen LogP contribution in [0.2, 0.25) is 5.15 Å². The van der Waals surface area contributed by atoms with Gasteiger partial charge >= 0.3 is 0 Å². The van der Waals surface area contributed by atoms with Crippen molar-refractivity contribution in [1.29, 1.82) is 0 Å². The van der Waals surface area contributed by atoms with Crippen LogP contribution in [0.3, 0.4) is 0 Å². The van der Waals surface area contributed by atoms with Gasteiger partial charge in [0.05, 0.1) is 6.33 Å². The van der Waals surface area contributed by atoms with Crippen molar-refractivity contribution in [2.75, 3.05) is 4.72 Å². The van der Waals surface area contributed by atoms with E-state index >= 15 is 0 Å². The van der Waals surface area contributed by atoms with Gasteiger partial charge in [-0.1, -0.05) is 11.6 Å². The summed E-state index contributed by atoms with van der Waals surface area (Å²) < 4.78 is 27.3. The Kier molecular flexibility index (Phi) is 2.99. The minimum absolute atomic E-state index is 0.0217. The van der Waals surface area contributed by atoms with Gasteiger partial charge in [0.15, 0.2) is 0 Å². The Labute approximate surface area is 103 Å². The number of nitrogens with one attached hydrogen (secondary N) is 1. The molecule has 2 aromatic heterocycles. The molecule has 0 saturated carbocycles. The Morgan fingerprint density at radius 1 is 1.29 bits per heavy atom. The average molecular weight is 274 g/mol. The summed E-state index contributed by atoms with van der Waals surface area (Å²) in [6, 6.07) is 1.57. The number of imidazole rings is 1. The number of anilines is 1. The van der Waals surface area contributed by atoms with E-state index in [2.05, 4.69) is 19.7 Å². The zero-order valence-electron chi connectivity index (χ0n) is 8.70. The van der Waals surface area contributed by atoms with Crippen LogP contribution in [0.25, 0.3) is 0 Å². The molecule has 0 aliphatic heterocycles.